The molecule has 2 aromatic rings. The van der Waals surface area contributed by atoms with Gasteiger partial charge in [0, 0.05) is 105 Å². The number of pyridine rings is 1. The van der Waals surface area contributed by atoms with Crippen LogP contribution >= 0.6 is 11.8 Å². The maximum absolute atomic E-state index is 13.4. The number of nitrogens with two attached hydrogens (primary N) is 1. The lowest BCUT2D eigenvalue weighted by Gasteiger charge is -2.35. The van der Waals surface area contributed by atoms with Crippen molar-refractivity contribution in [2.24, 2.45) is 5.73 Å². The molecule has 3 atom stereocenters. The minimum atomic E-state index is -0.616. The van der Waals surface area contributed by atoms with Crippen LogP contribution in [0.2, 0.25) is 0 Å². The van der Waals surface area contributed by atoms with Crippen molar-refractivity contribution in [1.29, 1.82) is 0 Å². The SMILES string of the molecule is C=CC(=O)N1CCC(c2ccc(C(N)=O)c(Nc3ccc(C(=O)N4CCN(C(=O)CCCCNC(=O)CCOCCOCCOCCOCCNC(=O)CCCCC5SCC6NC(=C)NC65)CC4)cc3)n2)CC1. The van der Waals surface area contributed by atoms with Gasteiger partial charge in [0.2, 0.25) is 23.6 Å². The molecular weight excluding hydrogens is 957 g/mol. The first-order chi connectivity index (χ1) is 35.5. The second-order valence-electron chi connectivity index (χ2n) is 18.5. The highest BCUT2D eigenvalue weighted by Gasteiger charge is 2.40. The first-order valence-electron chi connectivity index (χ1n) is 25.8. The van der Waals surface area contributed by atoms with Gasteiger partial charge in [-0.2, -0.15) is 11.8 Å². The molecular formula is C52H76N10O10S. The number of anilines is 2. The number of piperidine rings is 1. The fourth-order valence-corrected chi connectivity index (χ4v) is 10.8. The Morgan fingerprint density at radius 3 is 2.03 bits per heavy atom. The number of primary amides is 1. The molecule has 20 nitrogen and oxygen atoms in total. The van der Waals surface area contributed by atoms with Crippen molar-refractivity contribution in [3.05, 3.63) is 78.3 Å². The maximum Gasteiger partial charge on any atom is 0.253 e. The molecule has 1 aromatic carbocycles. The standard InChI is InChI=1S/C52H76N10O10S/c1-3-47(65)60-22-17-38(18-23-60)42-16-15-41(50(53)67)51(59-42)58-40-13-11-39(12-14-40)52(68)62-26-24-61(25-27-62)48(66)10-6-7-20-54-46(64)19-28-69-30-32-71-34-35-72-33-31-70-29-21-55-45(63)9-5-4-8-44-49-43(36-73-44)56-37(2)57-49/h3,11-16,38,43-44,49,56-57H,1-2,4-10,17-36H2,(H2,53,67)(H,54,64)(H,55,63)(H,58,59). The summed E-state index contributed by atoms with van der Waals surface area (Å²) in [4.78, 5) is 85.0. The van der Waals surface area contributed by atoms with Crippen molar-refractivity contribution in [3.8, 4) is 0 Å². The van der Waals surface area contributed by atoms with Gasteiger partial charge in [0.05, 0.1) is 76.3 Å². The summed E-state index contributed by atoms with van der Waals surface area (Å²) >= 11 is 2.00. The molecule has 0 bridgehead atoms. The zero-order valence-electron chi connectivity index (χ0n) is 42.2. The predicted molar refractivity (Wildman–Crippen MR) is 279 cm³/mol. The molecule has 0 radical (unpaired) electrons. The summed E-state index contributed by atoms with van der Waals surface area (Å²) < 4.78 is 22.1. The topological polar surface area (TPSA) is 248 Å². The van der Waals surface area contributed by atoms with Gasteiger partial charge in [0.15, 0.2) is 0 Å². The van der Waals surface area contributed by atoms with Gasteiger partial charge in [0.1, 0.15) is 5.82 Å². The molecule has 4 fully saturated rings. The maximum atomic E-state index is 13.4. The third kappa shape index (κ3) is 18.6. The number of aromatic nitrogens is 1. The van der Waals surface area contributed by atoms with Crippen molar-refractivity contribution < 1.29 is 47.7 Å². The number of benzene rings is 1. The van der Waals surface area contributed by atoms with E-state index in [1.807, 2.05) is 17.8 Å². The second-order valence-corrected chi connectivity index (χ2v) is 19.8. The van der Waals surface area contributed by atoms with E-state index in [2.05, 4.69) is 39.7 Å². The molecule has 1 aromatic heterocycles. The number of piperazine rings is 1. The number of rotatable bonds is 31. The Morgan fingerprint density at radius 2 is 1.34 bits per heavy atom. The summed E-state index contributed by atoms with van der Waals surface area (Å²) in [5.41, 5.74) is 7.85. The lowest BCUT2D eigenvalue weighted by molar-refractivity contribution is -0.132. The monoisotopic (exact) mass is 1030 g/mol. The van der Waals surface area contributed by atoms with E-state index in [-0.39, 0.29) is 54.0 Å². The minimum absolute atomic E-state index is 0.0289. The van der Waals surface area contributed by atoms with Gasteiger partial charge in [0.25, 0.3) is 11.8 Å². The Bertz CT molecular complexity index is 2150. The molecule has 6 rings (SSSR count). The highest BCUT2D eigenvalue weighted by Crippen LogP contribution is 2.34. The van der Waals surface area contributed by atoms with Gasteiger partial charge >= 0.3 is 0 Å². The number of nitrogens with one attached hydrogen (secondary N) is 5. The zero-order valence-corrected chi connectivity index (χ0v) is 43.0. The molecule has 5 heterocycles. The molecule has 400 valence electrons. The van der Waals surface area contributed by atoms with Crippen LogP contribution in [-0.4, -0.2) is 183 Å². The third-order valence-electron chi connectivity index (χ3n) is 13.4. The van der Waals surface area contributed by atoms with E-state index in [0.29, 0.717) is 159 Å². The summed E-state index contributed by atoms with van der Waals surface area (Å²) in [6, 6.07) is 11.3. The fraction of sp³-hybridized carbons (Fsp3) is 0.596. The number of thioether (sulfide) groups is 1. The van der Waals surface area contributed by atoms with Crippen molar-refractivity contribution in [3.63, 3.8) is 0 Å². The summed E-state index contributed by atoms with van der Waals surface area (Å²) in [6.07, 6.45) is 8.24. The predicted octanol–water partition coefficient (Wildman–Crippen LogP) is 3.04. The van der Waals surface area contributed by atoms with E-state index in [4.69, 9.17) is 29.7 Å². The number of amides is 6. The molecule has 4 aliphatic heterocycles. The molecule has 73 heavy (non-hydrogen) atoms. The molecule has 0 aliphatic carbocycles. The lowest BCUT2D eigenvalue weighted by Crippen LogP contribution is -2.50. The molecule has 6 amide bonds. The number of ether oxygens (including phenoxy) is 4. The number of carbonyl (C=O) groups is 6. The van der Waals surface area contributed by atoms with E-state index >= 15 is 0 Å². The zero-order chi connectivity index (χ0) is 51.8. The largest absolute Gasteiger partial charge is 0.379 e. The highest BCUT2D eigenvalue weighted by molar-refractivity contribution is 8.00. The molecule has 21 heteroatoms. The molecule has 4 aliphatic rings. The average molecular weight is 1030 g/mol. The van der Waals surface area contributed by atoms with Crippen molar-refractivity contribution >= 4 is 58.7 Å². The van der Waals surface area contributed by atoms with Crippen LogP contribution in [0.1, 0.15) is 96.5 Å². The first-order valence-corrected chi connectivity index (χ1v) is 26.9. The number of nitrogens with zero attached hydrogens (tertiary/aromatic N) is 4. The van der Waals surface area contributed by atoms with Crippen molar-refractivity contribution in [2.45, 2.75) is 87.5 Å². The van der Waals surface area contributed by atoms with Gasteiger partial charge in [-0.15, -0.1) is 0 Å². The third-order valence-corrected chi connectivity index (χ3v) is 14.9. The molecule has 3 unspecified atom stereocenters. The van der Waals surface area contributed by atoms with Gasteiger partial charge in [-0.3, -0.25) is 28.8 Å². The number of hydrogen-bond acceptors (Lipinski definition) is 15. The fourth-order valence-electron chi connectivity index (χ4n) is 9.23. The van der Waals surface area contributed by atoms with Crippen LogP contribution in [-0.2, 0) is 38.1 Å². The van der Waals surface area contributed by atoms with Crippen LogP contribution in [0.4, 0.5) is 11.5 Å². The van der Waals surface area contributed by atoms with Gasteiger partial charge in [-0.1, -0.05) is 19.6 Å². The van der Waals surface area contributed by atoms with Gasteiger partial charge in [-0.05, 0) is 81.0 Å². The van der Waals surface area contributed by atoms with Gasteiger partial charge in [-0.25, -0.2) is 4.98 Å². The van der Waals surface area contributed by atoms with Crippen molar-refractivity contribution in [1.82, 2.24) is 41.0 Å². The first kappa shape index (κ1) is 56.6. The average Bonchev–Trinajstić information content (AvgIpc) is 3.97. The Morgan fingerprint density at radius 1 is 0.712 bits per heavy atom. The summed E-state index contributed by atoms with van der Waals surface area (Å²) in [5.74, 6) is 1.61. The van der Waals surface area contributed by atoms with Crippen molar-refractivity contribution in [2.75, 3.05) is 116 Å². The van der Waals surface area contributed by atoms with E-state index in [9.17, 15) is 28.8 Å². The van der Waals surface area contributed by atoms with Crippen LogP contribution in [0.15, 0.2) is 61.5 Å². The summed E-state index contributed by atoms with van der Waals surface area (Å²) in [6.45, 7) is 14.6. The van der Waals surface area contributed by atoms with Crippen LogP contribution in [0, 0.1) is 0 Å². The summed E-state index contributed by atoms with van der Waals surface area (Å²) in [5, 5.41) is 16.4. The van der Waals surface area contributed by atoms with E-state index in [0.717, 1.165) is 49.4 Å². The number of likely N-dealkylation sites (tertiary alicyclic amines) is 1. The molecule has 7 N–H and O–H groups in total. The lowest BCUT2D eigenvalue weighted by atomic mass is 9.92. The second kappa shape index (κ2) is 30.5. The van der Waals surface area contributed by atoms with Crippen LogP contribution < -0.4 is 32.3 Å². The van der Waals surface area contributed by atoms with E-state index in [1.165, 1.54) is 6.08 Å². The number of unbranched alkanes of at least 4 members (excludes halogenated alkanes) is 2. The smallest absolute Gasteiger partial charge is 0.253 e. The normalized spacial score (nSPS) is 18.7. The number of fused-ring (bicyclic) bond motifs is 1. The van der Waals surface area contributed by atoms with Crippen LogP contribution in [0.3, 0.4) is 0 Å². The summed E-state index contributed by atoms with van der Waals surface area (Å²) in [7, 11) is 0. The van der Waals surface area contributed by atoms with E-state index in [1.54, 1.807) is 45.0 Å². The molecule has 4 saturated heterocycles. The quantitative estimate of drug-likeness (QED) is 0.0470. The van der Waals surface area contributed by atoms with Gasteiger partial charge < -0.3 is 66.0 Å². The highest BCUT2D eigenvalue weighted by atomic mass is 32.2. The minimum Gasteiger partial charge on any atom is -0.379 e. The Labute approximate surface area is 433 Å². The number of hydrogen-bond donors (Lipinski definition) is 6. The molecule has 0 spiro atoms. The van der Waals surface area contributed by atoms with Crippen LogP contribution in [0.25, 0.3) is 0 Å². The Kier molecular flexibility index (Phi) is 23.6. The Balaban J connectivity index is 0.709. The molecule has 0 saturated carbocycles. The number of carbonyl (C=O) groups excluding carboxylic acids is 6. The van der Waals surface area contributed by atoms with Crippen LogP contribution in [0.5, 0.6) is 0 Å². The van der Waals surface area contributed by atoms with E-state index < -0.39 is 5.91 Å². The Hall–Kier alpha value is -5.74.